The Bertz CT molecular complexity index is 374. The van der Waals surface area contributed by atoms with Gasteiger partial charge in [0.1, 0.15) is 0 Å². The van der Waals surface area contributed by atoms with Gasteiger partial charge in [-0.3, -0.25) is 4.98 Å². The van der Waals surface area contributed by atoms with Crippen LogP contribution in [0.4, 0.5) is 13.2 Å². The molecule has 1 unspecified atom stereocenters. The topological polar surface area (TPSA) is 12.9 Å². The van der Waals surface area contributed by atoms with Gasteiger partial charge in [0.2, 0.25) is 0 Å². The quantitative estimate of drug-likeness (QED) is 0.772. The molecular formula is C11H11BrF3N. The number of hydrogen-bond donors (Lipinski definition) is 0. The molecule has 88 valence electrons. The molecule has 16 heavy (non-hydrogen) atoms. The molecule has 0 radical (unpaired) electrons. The summed E-state index contributed by atoms with van der Waals surface area (Å²) in [6, 6.07) is 2.14. The summed E-state index contributed by atoms with van der Waals surface area (Å²) in [5, 5.41) is 0. The molecule has 1 aromatic heterocycles. The summed E-state index contributed by atoms with van der Waals surface area (Å²) in [4.78, 5) is 4.23. The highest BCUT2D eigenvalue weighted by Gasteiger charge is 2.32. The molecule has 0 bridgehead atoms. The van der Waals surface area contributed by atoms with Crippen LogP contribution in [-0.4, -0.2) is 9.81 Å². The summed E-state index contributed by atoms with van der Waals surface area (Å²) >= 11 is 3.50. The van der Waals surface area contributed by atoms with Crippen LogP contribution in [0.25, 0.3) is 0 Å². The molecule has 1 aliphatic rings. The number of rotatable bonds is 3. The molecule has 1 fully saturated rings. The summed E-state index contributed by atoms with van der Waals surface area (Å²) in [5.41, 5.74) is -0.114. The highest BCUT2D eigenvalue weighted by atomic mass is 79.9. The van der Waals surface area contributed by atoms with Gasteiger partial charge in [-0.2, -0.15) is 13.2 Å². The van der Waals surface area contributed by atoms with Crippen LogP contribution in [0, 0.1) is 5.92 Å². The monoisotopic (exact) mass is 293 g/mol. The molecular weight excluding hydrogens is 283 g/mol. The lowest BCUT2D eigenvalue weighted by molar-refractivity contribution is -0.137. The van der Waals surface area contributed by atoms with Gasteiger partial charge >= 0.3 is 6.18 Å². The van der Waals surface area contributed by atoms with Crippen molar-refractivity contribution in [3.05, 3.63) is 29.6 Å². The zero-order valence-corrected chi connectivity index (χ0v) is 10.1. The van der Waals surface area contributed by atoms with Crippen molar-refractivity contribution in [3.63, 3.8) is 0 Å². The van der Waals surface area contributed by atoms with Crippen molar-refractivity contribution < 1.29 is 13.2 Å². The van der Waals surface area contributed by atoms with Gasteiger partial charge in [-0.1, -0.05) is 15.9 Å². The maximum atomic E-state index is 12.4. The van der Waals surface area contributed by atoms with Gasteiger partial charge in [-0.15, -0.1) is 0 Å². The van der Waals surface area contributed by atoms with Crippen molar-refractivity contribution >= 4 is 15.9 Å². The Kier molecular flexibility index (Phi) is 3.24. The molecule has 2 rings (SSSR count). The minimum absolute atomic E-state index is 0.253. The predicted octanol–water partition coefficient (Wildman–Crippen LogP) is 3.82. The molecule has 1 saturated carbocycles. The Morgan fingerprint density at radius 3 is 2.69 bits per heavy atom. The fourth-order valence-electron chi connectivity index (χ4n) is 1.59. The van der Waals surface area contributed by atoms with Crippen molar-refractivity contribution in [2.45, 2.75) is 30.3 Å². The summed E-state index contributed by atoms with van der Waals surface area (Å²) in [5.74, 6) is 0.608. The van der Waals surface area contributed by atoms with E-state index in [1.54, 1.807) is 0 Å². The van der Waals surface area contributed by atoms with E-state index < -0.39 is 11.7 Å². The first-order chi connectivity index (χ1) is 7.47. The molecule has 0 saturated heterocycles. The minimum Gasteiger partial charge on any atom is -0.261 e. The van der Waals surface area contributed by atoms with Crippen molar-refractivity contribution in [1.82, 2.24) is 4.98 Å². The van der Waals surface area contributed by atoms with E-state index in [2.05, 4.69) is 20.9 Å². The van der Waals surface area contributed by atoms with E-state index in [-0.39, 0.29) is 4.83 Å². The predicted molar refractivity (Wildman–Crippen MR) is 58.4 cm³/mol. The molecule has 0 N–H and O–H groups in total. The molecule has 5 heteroatoms. The van der Waals surface area contributed by atoms with Crippen LogP contribution in [0.1, 0.15) is 24.1 Å². The minimum atomic E-state index is -4.28. The van der Waals surface area contributed by atoms with E-state index in [0.29, 0.717) is 18.0 Å². The SMILES string of the molecule is FC(F)(F)c1ccnc(CC(Br)C2CC2)c1. The number of pyridine rings is 1. The fraction of sp³-hybridized carbons (Fsp3) is 0.545. The van der Waals surface area contributed by atoms with Crippen LogP contribution in [0.15, 0.2) is 18.3 Å². The maximum absolute atomic E-state index is 12.4. The Balaban J connectivity index is 2.09. The Labute approximate surface area is 100 Å². The molecule has 0 spiro atoms. The standard InChI is InChI=1S/C11H11BrF3N/c12-10(7-1-2-7)6-9-5-8(3-4-16-9)11(13,14)15/h3-5,7,10H,1-2,6H2. The largest absolute Gasteiger partial charge is 0.416 e. The first kappa shape index (κ1) is 11.9. The Morgan fingerprint density at radius 2 is 2.12 bits per heavy atom. The molecule has 1 heterocycles. The third-order valence-electron chi connectivity index (χ3n) is 2.68. The Morgan fingerprint density at radius 1 is 1.44 bits per heavy atom. The Hall–Kier alpha value is -0.580. The van der Waals surface area contributed by atoms with E-state index in [1.165, 1.54) is 6.20 Å². The second kappa shape index (κ2) is 4.35. The zero-order valence-electron chi connectivity index (χ0n) is 8.47. The smallest absolute Gasteiger partial charge is 0.261 e. The second-order valence-electron chi connectivity index (χ2n) is 4.09. The lowest BCUT2D eigenvalue weighted by atomic mass is 10.1. The van der Waals surface area contributed by atoms with E-state index in [0.717, 1.165) is 25.0 Å². The van der Waals surface area contributed by atoms with Gasteiger partial charge in [0, 0.05) is 23.1 Å². The number of hydrogen-bond acceptors (Lipinski definition) is 1. The van der Waals surface area contributed by atoms with Crippen molar-refractivity contribution in [2.24, 2.45) is 5.92 Å². The summed E-state index contributed by atoms with van der Waals surface area (Å²) < 4.78 is 37.3. The lowest BCUT2D eigenvalue weighted by Crippen LogP contribution is -2.10. The van der Waals surface area contributed by atoms with Crippen molar-refractivity contribution in [2.75, 3.05) is 0 Å². The molecule has 0 aromatic carbocycles. The van der Waals surface area contributed by atoms with Gasteiger partial charge in [0.05, 0.1) is 5.56 Å². The molecule has 0 amide bonds. The van der Waals surface area contributed by atoms with Gasteiger partial charge in [0.25, 0.3) is 0 Å². The van der Waals surface area contributed by atoms with Gasteiger partial charge < -0.3 is 0 Å². The maximum Gasteiger partial charge on any atom is 0.416 e. The first-order valence-electron chi connectivity index (χ1n) is 5.13. The van der Waals surface area contributed by atoms with Crippen LogP contribution >= 0.6 is 15.9 Å². The highest BCUT2D eigenvalue weighted by molar-refractivity contribution is 9.09. The van der Waals surface area contributed by atoms with Gasteiger partial charge in [-0.25, -0.2) is 0 Å². The van der Waals surface area contributed by atoms with Crippen LogP contribution in [-0.2, 0) is 12.6 Å². The normalized spacial score (nSPS) is 18.5. The third kappa shape index (κ3) is 2.97. The first-order valence-corrected chi connectivity index (χ1v) is 6.04. The number of nitrogens with zero attached hydrogens (tertiary/aromatic N) is 1. The van der Waals surface area contributed by atoms with E-state index in [4.69, 9.17) is 0 Å². The lowest BCUT2D eigenvalue weighted by Gasteiger charge is -2.10. The number of alkyl halides is 4. The van der Waals surface area contributed by atoms with E-state index in [9.17, 15) is 13.2 Å². The molecule has 1 nitrogen and oxygen atoms in total. The summed E-state index contributed by atoms with van der Waals surface area (Å²) in [7, 11) is 0. The number of aromatic nitrogens is 1. The summed E-state index contributed by atoms with van der Waals surface area (Å²) in [6.45, 7) is 0. The highest BCUT2D eigenvalue weighted by Crippen LogP contribution is 2.38. The second-order valence-corrected chi connectivity index (χ2v) is 5.27. The number of halogens is 4. The van der Waals surface area contributed by atoms with Crippen molar-refractivity contribution in [3.8, 4) is 0 Å². The van der Waals surface area contributed by atoms with Crippen LogP contribution < -0.4 is 0 Å². The molecule has 0 aliphatic heterocycles. The fourth-order valence-corrected chi connectivity index (χ4v) is 2.45. The molecule has 1 atom stereocenters. The summed E-state index contributed by atoms with van der Waals surface area (Å²) in [6.07, 6.45) is -0.164. The van der Waals surface area contributed by atoms with Gasteiger partial charge in [0.15, 0.2) is 0 Å². The van der Waals surface area contributed by atoms with Crippen LogP contribution in [0.2, 0.25) is 0 Å². The third-order valence-corrected chi connectivity index (χ3v) is 3.75. The van der Waals surface area contributed by atoms with E-state index >= 15 is 0 Å². The van der Waals surface area contributed by atoms with Gasteiger partial charge in [-0.05, 0) is 30.9 Å². The van der Waals surface area contributed by atoms with Crippen LogP contribution in [0.5, 0.6) is 0 Å². The van der Waals surface area contributed by atoms with E-state index in [1.807, 2.05) is 0 Å². The average Bonchev–Trinajstić information content (AvgIpc) is 2.99. The zero-order chi connectivity index (χ0) is 11.8. The molecule has 1 aromatic rings. The van der Waals surface area contributed by atoms with Crippen molar-refractivity contribution in [1.29, 1.82) is 0 Å². The average molecular weight is 294 g/mol. The van der Waals surface area contributed by atoms with Crippen LogP contribution in [0.3, 0.4) is 0 Å². The molecule has 1 aliphatic carbocycles.